The number of hydrogen-bond donors (Lipinski definition) is 1. The van der Waals surface area contributed by atoms with Gasteiger partial charge in [0.25, 0.3) is 0 Å². The molecule has 0 unspecified atom stereocenters. The lowest BCUT2D eigenvalue weighted by Crippen LogP contribution is -2.04. The van der Waals surface area contributed by atoms with E-state index in [0.29, 0.717) is 17.7 Å². The normalized spacial score (nSPS) is 11.3. The number of nitrogens with zero attached hydrogens (tertiary/aromatic N) is 5. The molecule has 3 aromatic heterocycles. The summed E-state index contributed by atoms with van der Waals surface area (Å²) in [4.78, 5) is 16.9. The second-order valence-corrected chi connectivity index (χ2v) is 5.25. The molecule has 0 aliphatic rings. The summed E-state index contributed by atoms with van der Waals surface area (Å²) in [5, 5.41) is 2.50. The second-order valence-electron chi connectivity index (χ2n) is 4.90. The van der Waals surface area contributed by atoms with Crippen LogP contribution in [0.2, 0.25) is 5.15 Å². The Morgan fingerprint density at radius 1 is 1.09 bits per heavy atom. The molecule has 0 fully saturated rings. The van der Waals surface area contributed by atoms with Crippen LogP contribution in [0.3, 0.4) is 0 Å². The van der Waals surface area contributed by atoms with Crippen molar-refractivity contribution < 1.29 is 0 Å². The van der Waals surface area contributed by atoms with Gasteiger partial charge in [0, 0.05) is 11.6 Å². The number of aromatic nitrogens is 5. The van der Waals surface area contributed by atoms with Crippen LogP contribution in [-0.4, -0.2) is 24.5 Å². The third-order valence-corrected chi connectivity index (χ3v) is 3.78. The van der Waals surface area contributed by atoms with E-state index in [4.69, 9.17) is 17.3 Å². The van der Waals surface area contributed by atoms with Gasteiger partial charge in [-0.3, -0.25) is 4.98 Å². The standard InChI is InChI=1S/C15H11ClN6/c16-13-12-14(21-15(17)20-13)22(8-19-12)7-11-10-4-2-1-3-9(10)5-6-18-11/h1-6,8H,7H2,(H2,17,20,21). The van der Waals surface area contributed by atoms with Crippen LogP contribution < -0.4 is 5.73 Å². The SMILES string of the molecule is Nc1nc(Cl)c2ncn(Cc3nccc4ccccc34)c2n1. The molecule has 0 atom stereocenters. The number of rotatable bonds is 2. The average molecular weight is 311 g/mol. The molecule has 0 spiro atoms. The van der Waals surface area contributed by atoms with Crippen LogP contribution in [0.5, 0.6) is 0 Å². The van der Waals surface area contributed by atoms with Crippen molar-refractivity contribution in [2.45, 2.75) is 6.54 Å². The molecule has 22 heavy (non-hydrogen) atoms. The summed E-state index contributed by atoms with van der Waals surface area (Å²) in [6.45, 7) is 0.532. The lowest BCUT2D eigenvalue weighted by molar-refractivity contribution is 0.795. The van der Waals surface area contributed by atoms with Crippen molar-refractivity contribution in [3.05, 3.63) is 53.7 Å². The minimum absolute atomic E-state index is 0.130. The number of imidazole rings is 1. The van der Waals surface area contributed by atoms with E-state index in [0.717, 1.165) is 16.5 Å². The Bertz CT molecular complexity index is 989. The highest BCUT2D eigenvalue weighted by Crippen LogP contribution is 2.22. The Kier molecular flexibility index (Phi) is 2.90. The van der Waals surface area contributed by atoms with E-state index in [1.54, 1.807) is 12.5 Å². The van der Waals surface area contributed by atoms with Crippen LogP contribution in [-0.2, 0) is 6.54 Å². The van der Waals surface area contributed by atoms with E-state index >= 15 is 0 Å². The maximum absolute atomic E-state index is 6.05. The fourth-order valence-electron chi connectivity index (χ4n) is 2.51. The summed E-state index contributed by atoms with van der Waals surface area (Å²) in [6, 6.07) is 10.1. The van der Waals surface area contributed by atoms with Crippen molar-refractivity contribution in [2.75, 3.05) is 5.73 Å². The van der Waals surface area contributed by atoms with Gasteiger partial charge >= 0.3 is 0 Å². The molecular weight excluding hydrogens is 300 g/mol. The van der Waals surface area contributed by atoms with Gasteiger partial charge in [0.05, 0.1) is 18.6 Å². The fourth-order valence-corrected chi connectivity index (χ4v) is 2.73. The van der Waals surface area contributed by atoms with Crippen LogP contribution in [0.15, 0.2) is 42.9 Å². The Morgan fingerprint density at radius 3 is 2.86 bits per heavy atom. The van der Waals surface area contributed by atoms with E-state index in [9.17, 15) is 0 Å². The van der Waals surface area contributed by atoms with Crippen LogP contribution >= 0.6 is 11.6 Å². The van der Waals surface area contributed by atoms with E-state index in [1.165, 1.54) is 0 Å². The number of nitrogens with two attached hydrogens (primary N) is 1. The van der Waals surface area contributed by atoms with Gasteiger partial charge in [0.15, 0.2) is 10.8 Å². The molecule has 108 valence electrons. The Morgan fingerprint density at radius 2 is 1.95 bits per heavy atom. The molecule has 0 bridgehead atoms. The number of nitrogen functional groups attached to an aromatic ring is 1. The fraction of sp³-hybridized carbons (Fsp3) is 0.0667. The highest BCUT2D eigenvalue weighted by Gasteiger charge is 2.12. The predicted molar refractivity (Wildman–Crippen MR) is 85.6 cm³/mol. The van der Waals surface area contributed by atoms with Crippen molar-refractivity contribution >= 4 is 39.5 Å². The zero-order chi connectivity index (χ0) is 15.1. The highest BCUT2D eigenvalue weighted by molar-refractivity contribution is 6.33. The van der Waals surface area contributed by atoms with E-state index < -0.39 is 0 Å². The molecule has 3 heterocycles. The molecule has 0 amide bonds. The molecule has 0 aliphatic heterocycles. The number of hydrogen-bond acceptors (Lipinski definition) is 5. The number of fused-ring (bicyclic) bond motifs is 2. The zero-order valence-corrected chi connectivity index (χ0v) is 12.2. The van der Waals surface area contributed by atoms with E-state index in [-0.39, 0.29) is 11.1 Å². The highest BCUT2D eigenvalue weighted by atomic mass is 35.5. The molecule has 6 nitrogen and oxygen atoms in total. The first kappa shape index (κ1) is 13.0. The van der Waals surface area contributed by atoms with Crippen LogP contribution in [0.4, 0.5) is 5.95 Å². The number of pyridine rings is 1. The minimum atomic E-state index is 0.130. The van der Waals surface area contributed by atoms with Crippen LogP contribution in [0.1, 0.15) is 5.69 Å². The first-order valence-electron chi connectivity index (χ1n) is 6.69. The molecule has 0 saturated carbocycles. The Labute approximate surface area is 130 Å². The van der Waals surface area contributed by atoms with Gasteiger partial charge in [-0.1, -0.05) is 35.9 Å². The van der Waals surface area contributed by atoms with Gasteiger partial charge in [0.1, 0.15) is 5.52 Å². The van der Waals surface area contributed by atoms with Gasteiger partial charge in [-0.2, -0.15) is 9.97 Å². The van der Waals surface area contributed by atoms with Gasteiger partial charge in [0.2, 0.25) is 5.95 Å². The molecular formula is C15H11ClN6. The monoisotopic (exact) mass is 310 g/mol. The van der Waals surface area contributed by atoms with Crippen LogP contribution in [0.25, 0.3) is 21.9 Å². The minimum Gasteiger partial charge on any atom is -0.368 e. The summed E-state index contributed by atoms with van der Waals surface area (Å²) in [5.74, 6) is 0.130. The third-order valence-electron chi connectivity index (χ3n) is 3.51. The largest absolute Gasteiger partial charge is 0.368 e. The molecule has 7 heteroatoms. The first-order chi connectivity index (χ1) is 10.7. The van der Waals surface area contributed by atoms with Crippen molar-refractivity contribution in [1.29, 1.82) is 0 Å². The lowest BCUT2D eigenvalue weighted by atomic mass is 10.1. The van der Waals surface area contributed by atoms with Gasteiger partial charge in [-0.25, -0.2) is 4.98 Å². The van der Waals surface area contributed by atoms with Gasteiger partial charge in [-0.05, 0) is 11.5 Å². The number of anilines is 1. The van der Waals surface area contributed by atoms with Crippen molar-refractivity contribution in [1.82, 2.24) is 24.5 Å². The van der Waals surface area contributed by atoms with Gasteiger partial charge in [-0.15, -0.1) is 0 Å². The van der Waals surface area contributed by atoms with Crippen molar-refractivity contribution in [3.8, 4) is 0 Å². The quantitative estimate of drug-likeness (QED) is 0.575. The zero-order valence-electron chi connectivity index (χ0n) is 11.4. The maximum Gasteiger partial charge on any atom is 0.223 e. The maximum atomic E-state index is 6.05. The topological polar surface area (TPSA) is 82.5 Å². The predicted octanol–water partition coefficient (Wildman–Crippen LogP) is 2.66. The molecule has 0 aliphatic carbocycles. The van der Waals surface area contributed by atoms with Gasteiger partial charge < -0.3 is 10.3 Å². The van der Waals surface area contributed by atoms with Crippen molar-refractivity contribution in [3.63, 3.8) is 0 Å². The first-order valence-corrected chi connectivity index (χ1v) is 7.06. The second kappa shape index (κ2) is 4.92. The summed E-state index contributed by atoms with van der Waals surface area (Å²) in [6.07, 6.45) is 3.47. The number of benzene rings is 1. The number of halogens is 1. The summed E-state index contributed by atoms with van der Waals surface area (Å²) < 4.78 is 1.87. The smallest absolute Gasteiger partial charge is 0.223 e. The molecule has 1 aromatic carbocycles. The van der Waals surface area contributed by atoms with E-state index in [1.807, 2.05) is 28.8 Å². The molecule has 4 aromatic rings. The summed E-state index contributed by atoms with van der Waals surface area (Å²) in [7, 11) is 0. The third kappa shape index (κ3) is 2.05. The van der Waals surface area contributed by atoms with Crippen molar-refractivity contribution in [2.24, 2.45) is 0 Å². The molecule has 2 N–H and O–H groups in total. The summed E-state index contributed by atoms with van der Waals surface area (Å²) >= 11 is 6.05. The average Bonchev–Trinajstić information content (AvgIpc) is 2.91. The Balaban J connectivity index is 1.86. The molecule has 0 radical (unpaired) electrons. The summed E-state index contributed by atoms with van der Waals surface area (Å²) in [5.41, 5.74) is 7.75. The van der Waals surface area contributed by atoms with E-state index in [2.05, 4.69) is 26.0 Å². The van der Waals surface area contributed by atoms with Crippen LogP contribution in [0, 0.1) is 0 Å². The lowest BCUT2D eigenvalue weighted by Gasteiger charge is -2.07. The Hall–Kier alpha value is -2.73. The molecule has 0 saturated heterocycles. The molecule has 4 rings (SSSR count).